The van der Waals surface area contributed by atoms with E-state index < -0.39 is 35.1 Å². The molecule has 7 atom stereocenters. The number of rotatable bonds is 15. The lowest BCUT2D eigenvalue weighted by atomic mass is 9.66. The van der Waals surface area contributed by atoms with E-state index in [0.717, 1.165) is 12.8 Å². The molecule has 3 unspecified atom stereocenters. The van der Waals surface area contributed by atoms with Crippen LogP contribution >= 0.6 is 0 Å². The third-order valence-electron chi connectivity index (χ3n) is 10.3. The lowest BCUT2D eigenvalue weighted by Gasteiger charge is -2.41. The van der Waals surface area contributed by atoms with Crippen molar-refractivity contribution < 1.29 is 29.0 Å². The predicted octanol–water partition coefficient (Wildman–Crippen LogP) is 5.31. The van der Waals surface area contributed by atoms with E-state index in [1.165, 1.54) is 4.90 Å². The Hall–Kier alpha value is -3.95. The molecule has 0 radical (unpaired) electrons. The summed E-state index contributed by atoms with van der Waals surface area (Å²) < 4.78 is 12.6. The van der Waals surface area contributed by atoms with Crippen LogP contribution in [0.2, 0.25) is 0 Å². The SMILES string of the molecule is C=CCN(C(=O)[C@H]1[C@H]2C(=O)N([C@H](CO)c3ccccc3)C(C(=O)N(CC=C)C(C)CCC)C23CC[C@]1(C)O3)c1ccc(OCC)cc1. The van der Waals surface area contributed by atoms with Gasteiger partial charge in [0.2, 0.25) is 17.7 Å². The minimum atomic E-state index is -1.24. The Kier molecular flexibility index (Phi) is 10.3. The van der Waals surface area contributed by atoms with E-state index in [0.29, 0.717) is 43.0 Å². The molecule has 2 bridgehead atoms. The highest BCUT2D eigenvalue weighted by molar-refractivity contribution is 6.03. The number of anilines is 1. The molecule has 1 N–H and O–H groups in total. The molecule has 3 heterocycles. The van der Waals surface area contributed by atoms with Crippen molar-refractivity contribution in [3.05, 3.63) is 85.5 Å². The van der Waals surface area contributed by atoms with Crippen molar-refractivity contribution in [3.8, 4) is 5.75 Å². The normalized spacial score (nSPS) is 27.2. The first kappa shape index (κ1) is 34.4. The highest BCUT2D eigenvalue weighted by Gasteiger charge is 2.79. The Morgan fingerprint density at radius 1 is 1.06 bits per heavy atom. The first-order valence-electron chi connectivity index (χ1n) is 16.9. The molecule has 3 aliphatic heterocycles. The number of carbonyl (C=O) groups is 3. The molecular formula is C38H49N3O6. The third kappa shape index (κ3) is 5.89. The summed E-state index contributed by atoms with van der Waals surface area (Å²) in [5, 5.41) is 10.8. The lowest BCUT2D eigenvalue weighted by molar-refractivity contribution is -0.156. The highest BCUT2D eigenvalue weighted by atomic mass is 16.5. The quantitative estimate of drug-likeness (QED) is 0.265. The number of ether oxygens (including phenoxy) is 2. The molecule has 2 aromatic rings. The van der Waals surface area contributed by atoms with Gasteiger partial charge >= 0.3 is 0 Å². The van der Waals surface area contributed by atoms with Crippen molar-refractivity contribution in [2.24, 2.45) is 11.8 Å². The van der Waals surface area contributed by atoms with Crippen LogP contribution in [0.3, 0.4) is 0 Å². The molecule has 0 aromatic heterocycles. The van der Waals surface area contributed by atoms with Gasteiger partial charge < -0.3 is 29.3 Å². The van der Waals surface area contributed by atoms with Crippen LogP contribution in [0, 0.1) is 11.8 Å². The Balaban J connectivity index is 1.63. The molecular weight excluding hydrogens is 594 g/mol. The first-order chi connectivity index (χ1) is 22.6. The Bertz CT molecular complexity index is 1460. The molecule has 3 fully saturated rings. The second kappa shape index (κ2) is 14.0. The second-order valence-electron chi connectivity index (χ2n) is 13.2. The lowest BCUT2D eigenvalue weighted by Crippen LogP contribution is -2.58. The van der Waals surface area contributed by atoms with Gasteiger partial charge in [0, 0.05) is 24.8 Å². The third-order valence-corrected chi connectivity index (χ3v) is 10.3. The highest BCUT2D eigenvalue weighted by Crippen LogP contribution is 2.64. The Morgan fingerprint density at radius 2 is 1.74 bits per heavy atom. The Labute approximate surface area is 278 Å². The van der Waals surface area contributed by atoms with E-state index in [1.54, 1.807) is 22.0 Å². The van der Waals surface area contributed by atoms with Gasteiger partial charge in [-0.3, -0.25) is 14.4 Å². The zero-order valence-corrected chi connectivity index (χ0v) is 28.1. The predicted molar refractivity (Wildman–Crippen MR) is 182 cm³/mol. The summed E-state index contributed by atoms with van der Waals surface area (Å²) in [6, 6.07) is 14.6. The smallest absolute Gasteiger partial charge is 0.248 e. The van der Waals surface area contributed by atoms with Crippen LogP contribution in [-0.4, -0.2) is 82.2 Å². The molecule has 3 saturated heterocycles. The van der Waals surface area contributed by atoms with Crippen LogP contribution in [0.4, 0.5) is 5.69 Å². The van der Waals surface area contributed by atoms with Crippen molar-refractivity contribution in [2.45, 2.75) is 82.7 Å². The maximum absolute atomic E-state index is 15.0. The minimum Gasteiger partial charge on any atom is -0.494 e. The number of aliphatic hydroxyl groups excluding tert-OH is 1. The summed E-state index contributed by atoms with van der Waals surface area (Å²) in [6.45, 7) is 16.4. The van der Waals surface area contributed by atoms with Gasteiger partial charge in [0.1, 0.15) is 17.4 Å². The van der Waals surface area contributed by atoms with Crippen LogP contribution in [0.1, 0.15) is 65.0 Å². The molecule has 3 aliphatic rings. The van der Waals surface area contributed by atoms with Crippen molar-refractivity contribution in [3.63, 3.8) is 0 Å². The van der Waals surface area contributed by atoms with Gasteiger partial charge in [-0.25, -0.2) is 0 Å². The summed E-state index contributed by atoms with van der Waals surface area (Å²) >= 11 is 0. The molecule has 47 heavy (non-hydrogen) atoms. The van der Waals surface area contributed by atoms with E-state index in [2.05, 4.69) is 20.1 Å². The van der Waals surface area contributed by atoms with Gasteiger partial charge in [0.15, 0.2) is 0 Å². The molecule has 3 amide bonds. The standard InChI is InChI=1S/C38H49N3O6/c1-7-14-26(5)39(23-8-2)36(45)33-38-22-21-37(6,47-38)31(32(38)35(44)41(33)30(25-42)27-15-12-11-13-16-27)34(43)40(24-9-3)28-17-19-29(20-18-28)46-10-4/h8-9,11-13,15-20,26,30-33,42H,2-3,7,10,14,21-25H2,1,4-6H3/t26?,30-,31-,32+,33?,37+,38?/m1/s1. The van der Waals surface area contributed by atoms with E-state index in [4.69, 9.17) is 9.47 Å². The summed E-state index contributed by atoms with van der Waals surface area (Å²) in [5.41, 5.74) is -0.848. The first-order valence-corrected chi connectivity index (χ1v) is 16.9. The van der Waals surface area contributed by atoms with Crippen molar-refractivity contribution >= 4 is 23.4 Å². The molecule has 252 valence electrons. The number of fused-ring (bicyclic) bond motifs is 1. The number of aliphatic hydroxyl groups is 1. The molecule has 0 saturated carbocycles. The molecule has 1 spiro atoms. The zero-order chi connectivity index (χ0) is 33.9. The van der Waals surface area contributed by atoms with Gasteiger partial charge in [-0.2, -0.15) is 0 Å². The van der Waals surface area contributed by atoms with Gasteiger partial charge in [-0.05, 0) is 69.9 Å². The van der Waals surface area contributed by atoms with Gasteiger partial charge in [-0.15, -0.1) is 13.2 Å². The van der Waals surface area contributed by atoms with Gasteiger partial charge in [-0.1, -0.05) is 55.8 Å². The topological polar surface area (TPSA) is 99.6 Å². The van der Waals surface area contributed by atoms with E-state index in [-0.39, 0.29) is 36.9 Å². The molecule has 2 aromatic carbocycles. The van der Waals surface area contributed by atoms with E-state index >= 15 is 0 Å². The average Bonchev–Trinajstić information content (AvgIpc) is 3.64. The van der Waals surface area contributed by atoms with Crippen LogP contribution in [0.5, 0.6) is 5.75 Å². The minimum absolute atomic E-state index is 0.114. The van der Waals surface area contributed by atoms with Gasteiger partial charge in [0.05, 0.1) is 36.7 Å². The number of hydrogen-bond donors (Lipinski definition) is 1. The molecule has 9 heteroatoms. The maximum atomic E-state index is 15.0. The summed E-state index contributed by atoms with van der Waals surface area (Å²) in [7, 11) is 0. The molecule has 9 nitrogen and oxygen atoms in total. The number of benzene rings is 2. The summed E-state index contributed by atoms with van der Waals surface area (Å²) in [6.07, 6.45) is 5.97. The van der Waals surface area contributed by atoms with E-state index in [1.807, 2.05) is 75.4 Å². The summed E-state index contributed by atoms with van der Waals surface area (Å²) in [5.74, 6) is -1.93. The van der Waals surface area contributed by atoms with Crippen LogP contribution in [-0.2, 0) is 19.1 Å². The zero-order valence-electron chi connectivity index (χ0n) is 28.1. The fraction of sp³-hybridized carbons (Fsp3) is 0.500. The number of nitrogens with zero attached hydrogens (tertiary/aromatic N) is 3. The Morgan fingerprint density at radius 3 is 2.34 bits per heavy atom. The second-order valence-corrected chi connectivity index (χ2v) is 13.2. The monoisotopic (exact) mass is 643 g/mol. The summed E-state index contributed by atoms with van der Waals surface area (Å²) in [4.78, 5) is 49.6. The molecule has 0 aliphatic carbocycles. The van der Waals surface area contributed by atoms with E-state index in [9.17, 15) is 19.5 Å². The van der Waals surface area contributed by atoms with Crippen LogP contribution < -0.4 is 9.64 Å². The fourth-order valence-corrected chi connectivity index (χ4v) is 8.25. The van der Waals surface area contributed by atoms with Crippen molar-refractivity contribution in [1.29, 1.82) is 0 Å². The van der Waals surface area contributed by atoms with Crippen molar-refractivity contribution in [2.75, 3.05) is 31.2 Å². The van der Waals surface area contributed by atoms with Crippen molar-refractivity contribution in [1.82, 2.24) is 9.80 Å². The fourth-order valence-electron chi connectivity index (χ4n) is 8.25. The number of carbonyl (C=O) groups excluding carboxylic acids is 3. The maximum Gasteiger partial charge on any atom is 0.248 e. The number of likely N-dealkylation sites (tertiary alicyclic amines) is 1. The molecule has 5 rings (SSSR count). The van der Waals surface area contributed by atoms with Crippen LogP contribution in [0.15, 0.2) is 79.9 Å². The largest absolute Gasteiger partial charge is 0.494 e. The van der Waals surface area contributed by atoms with Crippen LogP contribution in [0.25, 0.3) is 0 Å². The average molecular weight is 644 g/mol. The number of amides is 3. The van der Waals surface area contributed by atoms with Gasteiger partial charge in [0.25, 0.3) is 0 Å². The number of hydrogen-bond acceptors (Lipinski definition) is 6.